The van der Waals surface area contributed by atoms with Crippen LogP contribution in [0, 0.1) is 5.92 Å². The van der Waals surface area contributed by atoms with Crippen molar-refractivity contribution in [2.24, 2.45) is 5.92 Å². The second kappa shape index (κ2) is 12.0. The molecule has 0 bridgehead atoms. The lowest BCUT2D eigenvalue weighted by Crippen LogP contribution is -2.24. The number of hydrogen-bond acceptors (Lipinski definition) is 5. The van der Waals surface area contributed by atoms with E-state index in [0.29, 0.717) is 39.9 Å². The van der Waals surface area contributed by atoms with Crippen LogP contribution in [0.1, 0.15) is 69.7 Å². The number of nitrogen functional groups attached to an aromatic ring is 1. The third kappa shape index (κ3) is 5.98. The first kappa shape index (κ1) is 29.2. The fourth-order valence-electron chi connectivity index (χ4n) is 6.56. The Bertz CT molecular complexity index is 1720. The van der Waals surface area contributed by atoms with Crippen molar-refractivity contribution < 1.29 is 8.78 Å². The molecule has 8 heteroatoms. The Balaban J connectivity index is 1.31. The van der Waals surface area contributed by atoms with Gasteiger partial charge in [-0.15, -0.1) is 0 Å². The molecule has 1 fully saturated rings. The van der Waals surface area contributed by atoms with Crippen LogP contribution in [-0.2, 0) is 5.92 Å². The van der Waals surface area contributed by atoms with Crippen LogP contribution in [-0.4, -0.2) is 44.4 Å². The normalized spacial score (nSPS) is 17.2. The molecule has 0 atom stereocenters. The summed E-state index contributed by atoms with van der Waals surface area (Å²) in [7, 11) is 2.20. The summed E-state index contributed by atoms with van der Waals surface area (Å²) in [6.45, 7) is 5.48. The van der Waals surface area contributed by atoms with Crippen LogP contribution in [0.15, 0.2) is 67.0 Å². The standard InChI is InChI=1S/C35H40F2N6/c1-4-16-42(3)17-9-8-10-23-19-26(20-23)34-41-31(32-33(38)39-15-18-43(32)34)25-13-14-27-28(35(2,36)37)22-29(40-30(27)21-25)24-11-6-5-7-12-24/h5-7,11-15,18,21-23,26H,4,8-10,16-17,19-20H2,1-3H3,(H2,38,39). The maximum Gasteiger partial charge on any atom is 0.271 e. The molecule has 3 aromatic heterocycles. The van der Waals surface area contributed by atoms with Crippen molar-refractivity contribution >= 4 is 22.2 Å². The summed E-state index contributed by atoms with van der Waals surface area (Å²) in [5.41, 5.74) is 10.4. The van der Waals surface area contributed by atoms with Gasteiger partial charge in [-0.3, -0.25) is 4.40 Å². The second-order valence-corrected chi connectivity index (χ2v) is 12.2. The first-order valence-electron chi connectivity index (χ1n) is 15.4. The van der Waals surface area contributed by atoms with E-state index >= 15 is 0 Å². The average Bonchev–Trinajstić information content (AvgIpc) is 3.35. The summed E-state index contributed by atoms with van der Waals surface area (Å²) >= 11 is 0. The third-order valence-corrected chi connectivity index (χ3v) is 8.84. The van der Waals surface area contributed by atoms with Crippen molar-refractivity contribution in [1.29, 1.82) is 0 Å². The number of nitrogens with two attached hydrogens (primary N) is 1. The molecule has 43 heavy (non-hydrogen) atoms. The van der Waals surface area contributed by atoms with Crippen LogP contribution in [0.3, 0.4) is 0 Å². The molecule has 5 aromatic rings. The number of fused-ring (bicyclic) bond motifs is 2. The highest BCUT2D eigenvalue weighted by Gasteiger charge is 2.34. The lowest BCUT2D eigenvalue weighted by Gasteiger charge is -2.34. The lowest BCUT2D eigenvalue weighted by molar-refractivity contribution is 0.0191. The monoisotopic (exact) mass is 582 g/mol. The van der Waals surface area contributed by atoms with Crippen LogP contribution < -0.4 is 5.73 Å². The van der Waals surface area contributed by atoms with Gasteiger partial charge in [0.1, 0.15) is 22.9 Å². The van der Waals surface area contributed by atoms with E-state index in [0.717, 1.165) is 55.3 Å². The zero-order chi connectivity index (χ0) is 30.1. The smallest absolute Gasteiger partial charge is 0.271 e. The maximum atomic E-state index is 14.8. The Kier molecular flexibility index (Phi) is 8.14. The van der Waals surface area contributed by atoms with Gasteiger partial charge < -0.3 is 10.6 Å². The number of unbranched alkanes of at least 4 members (excludes halogenated alkanes) is 1. The fourth-order valence-corrected chi connectivity index (χ4v) is 6.56. The van der Waals surface area contributed by atoms with Crippen LogP contribution in [0.4, 0.5) is 14.6 Å². The molecule has 0 unspecified atom stereocenters. The van der Waals surface area contributed by atoms with E-state index in [1.807, 2.05) is 48.7 Å². The summed E-state index contributed by atoms with van der Waals surface area (Å²) in [5.74, 6) is -0.572. The van der Waals surface area contributed by atoms with E-state index in [2.05, 4.69) is 28.3 Å². The number of pyridine rings is 1. The molecule has 0 saturated heterocycles. The number of imidazole rings is 1. The zero-order valence-corrected chi connectivity index (χ0v) is 25.2. The highest BCUT2D eigenvalue weighted by Crippen LogP contribution is 2.45. The SMILES string of the molecule is CCCN(C)CCCCC1CC(c2nc(-c3ccc4c(C(C)(F)F)cc(-c5ccccc5)nc4c3)c3c(N)nccn23)C1. The Labute approximate surface area is 252 Å². The molecule has 6 rings (SSSR count). The number of alkyl halides is 2. The zero-order valence-electron chi connectivity index (χ0n) is 25.2. The molecule has 2 aromatic carbocycles. The van der Waals surface area contributed by atoms with Gasteiger partial charge in [-0.25, -0.2) is 23.7 Å². The highest BCUT2D eigenvalue weighted by molar-refractivity contribution is 5.93. The second-order valence-electron chi connectivity index (χ2n) is 12.2. The molecule has 1 saturated carbocycles. The van der Waals surface area contributed by atoms with E-state index in [4.69, 9.17) is 15.7 Å². The predicted molar refractivity (Wildman–Crippen MR) is 170 cm³/mol. The summed E-state index contributed by atoms with van der Waals surface area (Å²) in [4.78, 5) is 16.7. The van der Waals surface area contributed by atoms with Gasteiger partial charge in [0.2, 0.25) is 0 Å². The molecule has 0 amide bonds. The van der Waals surface area contributed by atoms with Crippen molar-refractivity contribution in [2.75, 3.05) is 25.9 Å². The van der Waals surface area contributed by atoms with Gasteiger partial charge in [-0.05, 0) is 63.9 Å². The van der Waals surface area contributed by atoms with E-state index in [9.17, 15) is 8.78 Å². The number of aromatic nitrogens is 4. The summed E-state index contributed by atoms with van der Waals surface area (Å²) in [6.07, 6.45) is 10.8. The Morgan fingerprint density at radius 1 is 1.00 bits per heavy atom. The Morgan fingerprint density at radius 3 is 2.53 bits per heavy atom. The Morgan fingerprint density at radius 2 is 1.79 bits per heavy atom. The number of anilines is 1. The minimum absolute atomic E-state index is 0.0445. The van der Waals surface area contributed by atoms with Gasteiger partial charge in [0.05, 0.1) is 11.2 Å². The van der Waals surface area contributed by atoms with Crippen molar-refractivity contribution in [3.8, 4) is 22.5 Å². The van der Waals surface area contributed by atoms with Crippen molar-refractivity contribution in [2.45, 2.75) is 64.2 Å². The highest BCUT2D eigenvalue weighted by atomic mass is 19.3. The molecule has 224 valence electrons. The molecule has 3 heterocycles. The molecule has 0 aliphatic heterocycles. The van der Waals surface area contributed by atoms with Gasteiger partial charge >= 0.3 is 0 Å². The molecule has 6 nitrogen and oxygen atoms in total. The summed E-state index contributed by atoms with van der Waals surface area (Å²) in [5, 5.41) is 0.425. The molecule has 0 spiro atoms. The molecule has 0 radical (unpaired) electrons. The minimum Gasteiger partial charge on any atom is -0.382 e. The first-order valence-corrected chi connectivity index (χ1v) is 15.4. The molecule has 1 aliphatic rings. The Hall–Kier alpha value is -3.91. The number of hydrogen-bond donors (Lipinski definition) is 1. The molecular weight excluding hydrogens is 542 g/mol. The molecular formula is C35H40F2N6. The first-order chi connectivity index (χ1) is 20.7. The quantitative estimate of drug-likeness (QED) is 0.159. The molecule has 2 N–H and O–H groups in total. The van der Waals surface area contributed by atoms with Gasteiger partial charge in [-0.1, -0.05) is 62.2 Å². The van der Waals surface area contributed by atoms with Crippen LogP contribution in [0.5, 0.6) is 0 Å². The van der Waals surface area contributed by atoms with Gasteiger partial charge in [0, 0.05) is 47.3 Å². The fraction of sp³-hybridized carbons (Fsp3) is 0.400. The van der Waals surface area contributed by atoms with Crippen LogP contribution in [0.25, 0.3) is 38.9 Å². The number of nitrogens with zero attached hydrogens (tertiary/aromatic N) is 5. The predicted octanol–water partition coefficient (Wildman–Crippen LogP) is 8.31. The van der Waals surface area contributed by atoms with Crippen molar-refractivity contribution in [3.05, 3.63) is 78.4 Å². The van der Waals surface area contributed by atoms with E-state index in [1.165, 1.54) is 31.7 Å². The largest absolute Gasteiger partial charge is 0.382 e. The van der Waals surface area contributed by atoms with Gasteiger partial charge in [-0.2, -0.15) is 0 Å². The maximum absolute atomic E-state index is 14.8. The van der Waals surface area contributed by atoms with Crippen LogP contribution >= 0.6 is 0 Å². The topological polar surface area (TPSA) is 72.3 Å². The average molecular weight is 583 g/mol. The molecule has 1 aliphatic carbocycles. The van der Waals surface area contributed by atoms with Crippen molar-refractivity contribution in [1.82, 2.24) is 24.3 Å². The van der Waals surface area contributed by atoms with E-state index in [1.54, 1.807) is 12.3 Å². The summed E-state index contributed by atoms with van der Waals surface area (Å²) in [6, 6.07) is 16.4. The van der Waals surface area contributed by atoms with E-state index < -0.39 is 5.92 Å². The third-order valence-electron chi connectivity index (χ3n) is 8.84. The number of rotatable bonds is 11. The summed E-state index contributed by atoms with van der Waals surface area (Å²) < 4.78 is 31.7. The van der Waals surface area contributed by atoms with Crippen LogP contribution in [0.2, 0.25) is 0 Å². The van der Waals surface area contributed by atoms with Gasteiger partial charge in [0.25, 0.3) is 5.92 Å². The van der Waals surface area contributed by atoms with E-state index in [-0.39, 0.29) is 5.56 Å². The van der Waals surface area contributed by atoms with Crippen molar-refractivity contribution in [3.63, 3.8) is 0 Å². The minimum atomic E-state index is -3.03. The number of benzene rings is 2. The lowest BCUT2D eigenvalue weighted by atomic mass is 9.72. The number of halogens is 2. The van der Waals surface area contributed by atoms with Gasteiger partial charge in [0.15, 0.2) is 0 Å².